The number of allylic oxidation sites excluding steroid dienone is 1. The molecular formula is C22H26N2O3. The SMILES string of the molecule is COc1cc(OC)c(C2CCN(C)CC2)cc1C(=O)/C=C/c1ccncc1. The summed E-state index contributed by atoms with van der Waals surface area (Å²) in [5, 5.41) is 0. The van der Waals surface area contributed by atoms with E-state index in [-0.39, 0.29) is 5.78 Å². The Kier molecular flexibility index (Phi) is 6.24. The lowest BCUT2D eigenvalue weighted by atomic mass is 9.87. The molecule has 0 unspecified atom stereocenters. The number of carbonyl (C=O) groups is 1. The predicted molar refractivity (Wildman–Crippen MR) is 107 cm³/mol. The fourth-order valence-corrected chi connectivity index (χ4v) is 3.49. The Balaban J connectivity index is 1.92. The average molecular weight is 366 g/mol. The lowest BCUT2D eigenvalue weighted by Crippen LogP contribution is -2.29. The van der Waals surface area contributed by atoms with Gasteiger partial charge in [-0.1, -0.05) is 6.08 Å². The van der Waals surface area contributed by atoms with Gasteiger partial charge in [-0.3, -0.25) is 9.78 Å². The number of rotatable bonds is 6. The molecule has 1 fully saturated rings. The van der Waals surface area contributed by atoms with Crippen molar-refractivity contribution in [3.8, 4) is 11.5 Å². The number of piperidine rings is 1. The minimum absolute atomic E-state index is 0.0829. The van der Waals surface area contributed by atoms with Crippen LogP contribution in [0.25, 0.3) is 6.08 Å². The van der Waals surface area contributed by atoms with Crippen molar-refractivity contribution in [2.45, 2.75) is 18.8 Å². The van der Waals surface area contributed by atoms with E-state index in [4.69, 9.17) is 9.47 Å². The third kappa shape index (κ3) is 4.55. The maximum absolute atomic E-state index is 12.9. The molecule has 1 aliphatic heterocycles. The molecule has 142 valence electrons. The standard InChI is InChI=1S/C22H26N2O3/c1-24-12-8-17(9-13-24)18-14-19(22(27-3)15-21(18)26-2)20(25)5-4-16-6-10-23-11-7-16/h4-7,10-11,14-15,17H,8-9,12-13H2,1-3H3/b5-4+. The topological polar surface area (TPSA) is 51.7 Å². The summed E-state index contributed by atoms with van der Waals surface area (Å²) in [6.45, 7) is 2.09. The minimum Gasteiger partial charge on any atom is -0.496 e. The number of aromatic nitrogens is 1. The highest BCUT2D eigenvalue weighted by molar-refractivity contribution is 6.09. The molecule has 0 N–H and O–H groups in total. The molecule has 5 nitrogen and oxygen atoms in total. The van der Waals surface area contributed by atoms with Crippen molar-refractivity contribution < 1.29 is 14.3 Å². The van der Waals surface area contributed by atoms with Crippen LogP contribution in [0.15, 0.2) is 42.7 Å². The zero-order valence-electron chi connectivity index (χ0n) is 16.1. The van der Waals surface area contributed by atoms with Gasteiger partial charge in [0.2, 0.25) is 0 Å². The molecule has 0 saturated carbocycles. The summed E-state index contributed by atoms with van der Waals surface area (Å²) in [4.78, 5) is 19.2. The van der Waals surface area contributed by atoms with Gasteiger partial charge in [0.1, 0.15) is 11.5 Å². The Morgan fingerprint density at radius 1 is 1.11 bits per heavy atom. The summed E-state index contributed by atoms with van der Waals surface area (Å²) in [5.41, 5.74) is 2.59. The van der Waals surface area contributed by atoms with Gasteiger partial charge in [-0.25, -0.2) is 0 Å². The molecule has 5 heteroatoms. The lowest BCUT2D eigenvalue weighted by Gasteiger charge is -2.30. The molecule has 3 rings (SSSR count). The van der Waals surface area contributed by atoms with Crippen molar-refractivity contribution in [1.82, 2.24) is 9.88 Å². The van der Waals surface area contributed by atoms with Crippen molar-refractivity contribution >= 4 is 11.9 Å². The molecule has 2 heterocycles. The highest BCUT2D eigenvalue weighted by atomic mass is 16.5. The molecule has 27 heavy (non-hydrogen) atoms. The summed E-state index contributed by atoms with van der Waals surface area (Å²) in [7, 11) is 5.38. The van der Waals surface area contributed by atoms with Gasteiger partial charge in [-0.2, -0.15) is 0 Å². The number of benzene rings is 1. The number of hydrogen-bond acceptors (Lipinski definition) is 5. The number of nitrogens with zero attached hydrogens (tertiary/aromatic N) is 2. The summed E-state index contributed by atoms with van der Waals surface area (Å²) in [6, 6.07) is 7.51. The van der Waals surface area contributed by atoms with Crippen molar-refractivity contribution in [1.29, 1.82) is 0 Å². The van der Waals surface area contributed by atoms with E-state index in [1.165, 1.54) is 0 Å². The molecule has 1 saturated heterocycles. The van der Waals surface area contributed by atoms with E-state index in [9.17, 15) is 4.79 Å². The van der Waals surface area contributed by atoms with Crippen LogP contribution in [-0.2, 0) is 0 Å². The van der Waals surface area contributed by atoms with Gasteiger partial charge in [0.05, 0.1) is 19.8 Å². The van der Waals surface area contributed by atoms with E-state index in [1.54, 1.807) is 38.8 Å². The Labute approximate surface area is 160 Å². The number of likely N-dealkylation sites (tertiary alicyclic amines) is 1. The van der Waals surface area contributed by atoms with Crippen LogP contribution in [0.3, 0.4) is 0 Å². The van der Waals surface area contributed by atoms with Crippen LogP contribution in [0, 0.1) is 0 Å². The van der Waals surface area contributed by atoms with Gasteiger partial charge >= 0.3 is 0 Å². The molecule has 0 spiro atoms. The predicted octanol–water partition coefficient (Wildman–Crippen LogP) is 3.80. The van der Waals surface area contributed by atoms with E-state index in [0.29, 0.717) is 17.2 Å². The van der Waals surface area contributed by atoms with Crippen LogP contribution in [-0.4, -0.2) is 50.0 Å². The molecule has 1 aromatic carbocycles. The van der Waals surface area contributed by atoms with E-state index in [2.05, 4.69) is 16.9 Å². The second-order valence-electron chi connectivity index (χ2n) is 6.85. The molecule has 0 atom stereocenters. The highest BCUT2D eigenvalue weighted by Crippen LogP contribution is 2.38. The fourth-order valence-electron chi connectivity index (χ4n) is 3.49. The van der Waals surface area contributed by atoms with Crippen molar-refractivity contribution in [3.05, 3.63) is 59.4 Å². The Morgan fingerprint density at radius 2 is 1.78 bits per heavy atom. The fraction of sp³-hybridized carbons (Fsp3) is 0.364. The highest BCUT2D eigenvalue weighted by Gasteiger charge is 2.24. The molecule has 1 aromatic heterocycles. The maximum Gasteiger partial charge on any atom is 0.189 e. The van der Waals surface area contributed by atoms with Gasteiger partial charge in [-0.15, -0.1) is 0 Å². The molecular weight excluding hydrogens is 340 g/mol. The number of carbonyl (C=O) groups excluding carboxylic acids is 1. The maximum atomic E-state index is 12.9. The Hall–Kier alpha value is -2.66. The van der Waals surface area contributed by atoms with E-state index >= 15 is 0 Å². The lowest BCUT2D eigenvalue weighted by molar-refractivity contribution is 0.104. The third-order valence-electron chi connectivity index (χ3n) is 5.11. The van der Waals surface area contributed by atoms with E-state index in [0.717, 1.165) is 42.8 Å². The molecule has 0 amide bonds. The second kappa shape index (κ2) is 8.82. The Bertz CT molecular complexity index is 810. The van der Waals surface area contributed by atoms with E-state index in [1.807, 2.05) is 24.3 Å². The zero-order valence-corrected chi connectivity index (χ0v) is 16.1. The number of hydrogen-bond donors (Lipinski definition) is 0. The number of pyridine rings is 1. The number of ketones is 1. The van der Waals surface area contributed by atoms with Crippen LogP contribution >= 0.6 is 0 Å². The normalized spacial score (nSPS) is 15.8. The molecule has 0 radical (unpaired) electrons. The van der Waals surface area contributed by atoms with Gasteiger partial charge in [0, 0.05) is 18.5 Å². The molecule has 0 aliphatic carbocycles. The Morgan fingerprint density at radius 3 is 2.41 bits per heavy atom. The van der Waals surface area contributed by atoms with Crippen LogP contribution < -0.4 is 9.47 Å². The van der Waals surface area contributed by atoms with Crippen LogP contribution in [0.4, 0.5) is 0 Å². The second-order valence-corrected chi connectivity index (χ2v) is 6.85. The van der Waals surface area contributed by atoms with Crippen molar-refractivity contribution in [2.75, 3.05) is 34.4 Å². The first-order chi connectivity index (χ1) is 13.1. The van der Waals surface area contributed by atoms with Crippen LogP contribution in [0.2, 0.25) is 0 Å². The van der Waals surface area contributed by atoms with E-state index < -0.39 is 0 Å². The third-order valence-corrected chi connectivity index (χ3v) is 5.11. The van der Waals surface area contributed by atoms with Crippen molar-refractivity contribution in [3.63, 3.8) is 0 Å². The zero-order chi connectivity index (χ0) is 19.2. The van der Waals surface area contributed by atoms with Gasteiger partial charge in [0.25, 0.3) is 0 Å². The average Bonchev–Trinajstić information content (AvgIpc) is 2.72. The van der Waals surface area contributed by atoms with Gasteiger partial charge < -0.3 is 14.4 Å². The molecule has 2 aromatic rings. The van der Waals surface area contributed by atoms with Gasteiger partial charge in [-0.05, 0) is 74.3 Å². The first-order valence-corrected chi connectivity index (χ1v) is 9.19. The largest absolute Gasteiger partial charge is 0.496 e. The first-order valence-electron chi connectivity index (χ1n) is 9.19. The monoisotopic (exact) mass is 366 g/mol. The van der Waals surface area contributed by atoms with Gasteiger partial charge in [0.15, 0.2) is 5.78 Å². The van der Waals surface area contributed by atoms with Crippen LogP contribution in [0.5, 0.6) is 11.5 Å². The summed E-state index contributed by atoms with van der Waals surface area (Å²) in [6.07, 6.45) is 8.90. The van der Waals surface area contributed by atoms with Crippen molar-refractivity contribution in [2.24, 2.45) is 0 Å². The molecule has 0 bridgehead atoms. The minimum atomic E-state index is -0.0829. The quantitative estimate of drug-likeness (QED) is 0.575. The first kappa shape index (κ1) is 19.1. The number of methoxy groups -OCH3 is 2. The van der Waals surface area contributed by atoms with Crippen LogP contribution in [0.1, 0.15) is 40.2 Å². The smallest absolute Gasteiger partial charge is 0.189 e. The summed E-state index contributed by atoms with van der Waals surface area (Å²) in [5.74, 6) is 1.63. The summed E-state index contributed by atoms with van der Waals surface area (Å²) >= 11 is 0. The summed E-state index contributed by atoms with van der Waals surface area (Å²) < 4.78 is 11.1. The number of ether oxygens (including phenoxy) is 2. The molecule has 1 aliphatic rings.